The van der Waals surface area contributed by atoms with Crippen LogP contribution in [0.1, 0.15) is 56.0 Å². The molecule has 3 rings (SSSR count). The zero-order valence-corrected chi connectivity index (χ0v) is 19.2. The Hall–Kier alpha value is -3.61. The molecule has 33 heavy (non-hydrogen) atoms. The van der Waals surface area contributed by atoms with E-state index in [0.29, 0.717) is 18.4 Å². The van der Waals surface area contributed by atoms with Crippen molar-refractivity contribution < 1.29 is 23.5 Å². The summed E-state index contributed by atoms with van der Waals surface area (Å²) in [6.07, 6.45) is 2.41. The maximum Gasteiger partial charge on any atom is 0.349 e. The van der Waals surface area contributed by atoms with Crippen LogP contribution in [0.15, 0.2) is 57.7 Å². The predicted octanol–water partition coefficient (Wildman–Crippen LogP) is 4.65. The molecule has 0 aliphatic rings. The number of benzene rings is 2. The van der Waals surface area contributed by atoms with Crippen molar-refractivity contribution in [1.82, 2.24) is 5.32 Å². The number of esters is 1. The van der Waals surface area contributed by atoms with Crippen LogP contribution in [0.25, 0.3) is 11.0 Å². The van der Waals surface area contributed by atoms with E-state index in [0.717, 1.165) is 18.6 Å². The van der Waals surface area contributed by atoms with Crippen molar-refractivity contribution in [2.24, 2.45) is 0 Å². The van der Waals surface area contributed by atoms with E-state index >= 15 is 0 Å². The van der Waals surface area contributed by atoms with Crippen LogP contribution in [0.3, 0.4) is 0 Å². The molecule has 1 atom stereocenters. The summed E-state index contributed by atoms with van der Waals surface area (Å²) in [5, 5.41) is 3.31. The Morgan fingerprint density at radius 3 is 2.45 bits per heavy atom. The summed E-state index contributed by atoms with van der Waals surface area (Å²) < 4.78 is 16.3. The summed E-state index contributed by atoms with van der Waals surface area (Å²) in [6.45, 7) is 6.29. The molecule has 174 valence electrons. The van der Waals surface area contributed by atoms with Crippen LogP contribution in [-0.4, -0.2) is 24.5 Å². The molecule has 0 saturated heterocycles. The third-order valence-electron chi connectivity index (χ3n) is 5.30. The van der Waals surface area contributed by atoms with Crippen LogP contribution in [0, 0.1) is 0 Å². The first-order valence-corrected chi connectivity index (χ1v) is 11.2. The standard InChI is InChI=1S/C26H29NO6/c1-4-17(3)27-25(29)22-15-19-10-13-21(16-23(19)33-26(22)30)32-24(28)7-6-14-31-20-11-8-18(5-2)9-12-20/h8-13,15-17H,4-7,14H2,1-3H3,(H,27,29). The average Bonchev–Trinajstić information content (AvgIpc) is 2.81. The van der Waals surface area contributed by atoms with E-state index in [9.17, 15) is 14.4 Å². The molecule has 1 N–H and O–H groups in total. The summed E-state index contributed by atoms with van der Waals surface area (Å²) >= 11 is 0. The number of amides is 1. The first-order valence-electron chi connectivity index (χ1n) is 11.2. The van der Waals surface area contributed by atoms with E-state index in [1.54, 1.807) is 12.1 Å². The number of fused-ring (bicyclic) bond motifs is 1. The van der Waals surface area contributed by atoms with Gasteiger partial charge in [0.05, 0.1) is 6.61 Å². The van der Waals surface area contributed by atoms with Crippen molar-refractivity contribution in [3.05, 3.63) is 70.1 Å². The molecule has 0 aliphatic carbocycles. The second kappa shape index (κ2) is 11.3. The summed E-state index contributed by atoms with van der Waals surface area (Å²) in [7, 11) is 0. The Morgan fingerprint density at radius 1 is 1.03 bits per heavy atom. The van der Waals surface area contributed by atoms with E-state index in [1.165, 1.54) is 17.7 Å². The molecule has 3 aromatic rings. The van der Waals surface area contributed by atoms with Gasteiger partial charge < -0.3 is 19.2 Å². The zero-order chi connectivity index (χ0) is 23.8. The Morgan fingerprint density at radius 2 is 1.76 bits per heavy atom. The van der Waals surface area contributed by atoms with E-state index in [1.807, 2.05) is 38.1 Å². The van der Waals surface area contributed by atoms with Gasteiger partial charge in [-0.1, -0.05) is 26.0 Å². The Kier molecular flexibility index (Phi) is 8.24. The van der Waals surface area contributed by atoms with Crippen LogP contribution in [0.2, 0.25) is 0 Å². The van der Waals surface area contributed by atoms with E-state index in [2.05, 4.69) is 12.2 Å². The van der Waals surface area contributed by atoms with Crippen LogP contribution >= 0.6 is 0 Å². The molecule has 1 heterocycles. The van der Waals surface area contributed by atoms with Gasteiger partial charge in [-0.25, -0.2) is 4.79 Å². The molecule has 0 spiro atoms. The lowest BCUT2D eigenvalue weighted by Crippen LogP contribution is -2.34. The second-order valence-electron chi connectivity index (χ2n) is 7.85. The number of rotatable bonds is 10. The first kappa shape index (κ1) is 24.0. The van der Waals surface area contributed by atoms with Gasteiger partial charge in [0.25, 0.3) is 5.91 Å². The quantitative estimate of drug-likeness (QED) is 0.209. The van der Waals surface area contributed by atoms with Gasteiger partial charge in [-0.2, -0.15) is 0 Å². The second-order valence-corrected chi connectivity index (χ2v) is 7.85. The highest BCUT2D eigenvalue weighted by Crippen LogP contribution is 2.21. The highest BCUT2D eigenvalue weighted by molar-refractivity contribution is 5.97. The molecule has 1 amide bonds. The molecule has 0 fully saturated rings. The van der Waals surface area contributed by atoms with Crippen LogP contribution in [-0.2, 0) is 11.2 Å². The van der Waals surface area contributed by atoms with Gasteiger partial charge in [-0.3, -0.25) is 9.59 Å². The molecule has 0 aliphatic heterocycles. The van der Waals surface area contributed by atoms with Crippen molar-refractivity contribution in [2.75, 3.05) is 6.61 Å². The van der Waals surface area contributed by atoms with Crippen molar-refractivity contribution in [3.8, 4) is 11.5 Å². The summed E-state index contributed by atoms with van der Waals surface area (Å²) in [4.78, 5) is 36.7. The molecule has 0 bridgehead atoms. The fourth-order valence-corrected chi connectivity index (χ4v) is 3.13. The van der Waals surface area contributed by atoms with Gasteiger partial charge in [0, 0.05) is 23.9 Å². The van der Waals surface area contributed by atoms with Crippen molar-refractivity contribution >= 4 is 22.8 Å². The number of carbonyl (C=O) groups excluding carboxylic acids is 2. The Balaban J connectivity index is 1.55. The van der Waals surface area contributed by atoms with Crippen molar-refractivity contribution in [3.63, 3.8) is 0 Å². The van der Waals surface area contributed by atoms with Crippen LogP contribution in [0.4, 0.5) is 0 Å². The van der Waals surface area contributed by atoms with Gasteiger partial charge in [0.15, 0.2) is 0 Å². The number of carbonyl (C=O) groups is 2. The fraction of sp³-hybridized carbons (Fsp3) is 0.346. The van der Waals surface area contributed by atoms with Gasteiger partial charge in [0.1, 0.15) is 22.6 Å². The van der Waals surface area contributed by atoms with Crippen LogP contribution in [0.5, 0.6) is 11.5 Å². The lowest BCUT2D eigenvalue weighted by molar-refractivity contribution is -0.134. The molecule has 1 aromatic heterocycles. The van der Waals surface area contributed by atoms with Crippen molar-refractivity contribution in [2.45, 2.75) is 52.5 Å². The Labute approximate surface area is 192 Å². The molecule has 2 aromatic carbocycles. The largest absolute Gasteiger partial charge is 0.494 e. The van der Waals surface area contributed by atoms with Crippen molar-refractivity contribution in [1.29, 1.82) is 0 Å². The molecule has 7 nitrogen and oxygen atoms in total. The monoisotopic (exact) mass is 451 g/mol. The maximum atomic E-state index is 12.3. The third-order valence-corrected chi connectivity index (χ3v) is 5.30. The zero-order valence-electron chi connectivity index (χ0n) is 19.2. The molecular weight excluding hydrogens is 422 g/mol. The first-order chi connectivity index (χ1) is 15.9. The summed E-state index contributed by atoms with van der Waals surface area (Å²) in [6, 6.07) is 14.0. The molecule has 7 heteroatoms. The number of nitrogens with one attached hydrogen (secondary N) is 1. The van der Waals surface area contributed by atoms with Gasteiger partial charge in [-0.15, -0.1) is 0 Å². The molecular formula is C26H29NO6. The number of hydrogen-bond acceptors (Lipinski definition) is 6. The highest BCUT2D eigenvalue weighted by atomic mass is 16.5. The Bertz CT molecular complexity index is 1170. The highest BCUT2D eigenvalue weighted by Gasteiger charge is 2.16. The lowest BCUT2D eigenvalue weighted by atomic mass is 10.1. The average molecular weight is 452 g/mol. The third kappa shape index (κ3) is 6.68. The van der Waals surface area contributed by atoms with E-state index < -0.39 is 17.5 Å². The van der Waals surface area contributed by atoms with Gasteiger partial charge in [-0.05, 0) is 62.1 Å². The number of aryl methyl sites for hydroxylation is 1. The minimum atomic E-state index is -0.740. The molecule has 0 radical (unpaired) electrons. The van der Waals surface area contributed by atoms with E-state index in [-0.39, 0.29) is 29.4 Å². The van der Waals surface area contributed by atoms with Crippen LogP contribution < -0.4 is 20.4 Å². The maximum absolute atomic E-state index is 12.3. The predicted molar refractivity (Wildman–Crippen MR) is 126 cm³/mol. The minimum absolute atomic E-state index is 0.0543. The molecule has 1 unspecified atom stereocenters. The molecule has 0 saturated carbocycles. The minimum Gasteiger partial charge on any atom is -0.494 e. The SMILES string of the molecule is CCc1ccc(OCCCC(=O)Oc2ccc3cc(C(=O)NC(C)CC)c(=O)oc3c2)cc1. The topological polar surface area (TPSA) is 94.8 Å². The van der Waals surface area contributed by atoms with Gasteiger partial charge in [0.2, 0.25) is 0 Å². The normalized spacial score (nSPS) is 11.7. The van der Waals surface area contributed by atoms with Gasteiger partial charge >= 0.3 is 11.6 Å². The summed E-state index contributed by atoms with van der Waals surface area (Å²) in [5.41, 5.74) is 0.680. The lowest BCUT2D eigenvalue weighted by Gasteiger charge is -2.11. The smallest absolute Gasteiger partial charge is 0.349 e. The fourth-order valence-electron chi connectivity index (χ4n) is 3.13. The number of hydrogen-bond donors (Lipinski definition) is 1. The summed E-state index contributed by atoms with van der Waals surface area (Å²) in [5.74, 6) is 0.149. The number of ether oxygens (including phenoxy) is 2. The van der Waals surface area contributed by atoms with E-state index in [4.69, 9.17) is 13.9 Å².